The summed E-state index contributed by atoms with van der Waals surface area (Å²) in [6, 6.07) is 10.5. The van der Waals surface area contributed by atoms with E-state index in [4.69, 9.17) is 14.2 Å². The lowest BCUT2D eigenvalue weighted by Gasteiger charge is -2.24. The van der Waals surface area contributed by atoms with Crippen molar-refractivity contribution in [1.29, 1.82) is 0 Å². The molecule has 0 unspecified atom stereocenters. The number of nitrogens with zero attached hydrogens (tertiary/aromatic N) is 2. The summed E-state index contributed by atoms with van der Waals surface area (Å²) in [6.07, 6.45) is 5.68. The Morgan fingerprint density at radius 1 is 1.17 bits per heavy atom. The molecule has 0 atom stereocenters. The summed E-state index contributed by atoms with van der Waals surface area (Å²) in [5.41, 5.74) is 5.70. The zero-order chi connectivity index (χ0) is 24.6. The lowest BCUT2D eigenvalue weighted by molar-refractivity contribution is 0.0252. The van der Waals surface area contributed by atoms with Gasteiger partial charge in [0.25, 0.3) is 0 Å². The number of hydrogen-bond acceptors (Lipinski definition) is 5. The maximum absolute atomic E-state index is 12.5. The van der Waals surface area contributed by atoms with E-state index in [1.165, 1.54) is 0 Å². The lowest BCUT2D eigenvalue weighted by Crippen LogP contribution is -2.35. The van der Waals surface area contributed by atoms with Crippen molar-refractivity contribution in [3.05, 3.63) is 53.9 Å². The molecule has 5 rings (SSSR count). The van der Waals surface area contributed by atoms with Crippen LogP contribution in [0, 0.1) is 6.92 Å². The van der Waals surface area contributed by atoms with Gasteiger partial charge in [-0.05, 0) is 74.2 Å². The van der Waals surface area contributed by atoms with Crippen molar-refractivity contribution in [3.63, 3.8) is 0 Å². The molecule has 0 aliphatic carbocycles. The number of aromatic nitrogens is 2. The van der Waals surface area contributed by atoms with Crippen LogP contribution in [0.3, 0.4) is 0 Å². The maximum atomic E-state index is 12.5. The fourth-order valence-corrected chi connectivity index (χ4v) is 4.59. The molecule has 1 N–H and O–H groups in total. The fourth-order valence-electron chi connectivity index (χ4n) is 4.59. The van der Waals surface area contributed by atoms with E-state index >= 15 is 0 Å². The van der Waals surface area contributed by atoms with E-state index in [9.17, 15) is 4.79 Å². The Hall–Kier alpha value is -3.32. The van der Waals surface area contributed by atoms with E-state index in [2.05, 4.69) is 47.2 Å². The van der Waals surface area contributed by atoms with Crippen LogP contribution in [0.4, 0.5) is 4.79 Å². The Kier molecular flexibility index (Phi) is 6.28. The molecule has 7 nitrogen and oxygen atoms in total. The third-order valence-corrected chi connectivity index (χ3v) is 6.40. The molecule has 0 bridgehead atoms. The van der Waals surface area contributed by atoms with E-state index < -0.39 is 5.60 Å². The zero-order valence-electron chi connectivity index (χ0n) is 20.9. The molecule has 3 aromatic rings. The van der Waals surface area contributed by atoms with Crippen LogP contribution < -0.4 is 4.74 Å². The van der Waals surface area contributed by atoms with Gasteiger partial charge in [0, 0.05) is 36.7 Å². The lowest BCUT2D eigenvalue weighted by atomic mass is 10.0. The summed E-state index contributed by atoms with van der Waals surface area (Å²) in [5, 5.41) is 1.05. The van der Waals surface area contributed by atoms with E-state index in [0.717, 1.165) is 70.8 Å². The van der Waals surface area contributed by atoms with Crippen molar-refractivity contribution in [3.8, 4) is 16.9 Å². The highest BCUT2D eigenvalue weighted by atomic mass is 16.6. The first-order valence-corrected chi connectivity index (χ1v) is 12.3. The molecule has 2 aromatic heterocycles. The Labute approximate surface area is 206 Å². The number of fused-ring (bicyclic) bond motifs is 1. The second-order valence-corrected chi connectivity index (χ2v) is 10.3. The molecule has 2 aliphatic heterocycles. The number of carbonyl (C=O) groups is 1. The molecule has 1 saturated heterocycles. The summed E-state index contributed by atoms with van der Waals surface area (Å²) in [6.45, 7) is 10.3. The molecule has 0 spiro atoms. The minimum absolute atomic E-state index is 0.216. The number of H-pyrrole nitrogens is 1. The van der Waals surface area contributed by atoms with Gasteiger partial charge < -0.3 is 24.1 Å². The molecule has 1 fully saturated rings. The van der Waals surface area contributed by atoms with Crippen LogP contribution in [0.5, 0.6) is 5.75 Å². The Balaban J connectivity index is 1.36. The maximum Gasteiger partial charge on any atom is 0.410 e. The highest BCUT2D eigenvalue weighted by Gasteiger charge is 2.26. The molecule has 4 heterocycles. The molecule has 1 aromatic carbocycles. The standard InChI is InChI=1S/C28H33N3O4/c1-18-15-19(5-6-25(18)34-21-9-13-33-14-10-21)22-7-11-29-26-23(22)16-24(30-26)20-8-12-31(17-20)27(32)35-28(2,3)4/h5-8,11,15-16,21H,9-10,12-14,17H2,1-4H3,(H,29,30). The number of ether oxygens (including phenoxy) is 3. The van der Waals surface area contributed by atoms with Gasteiger partial charge in [-0.3, -0.25) is 0 Å². The van der Waals surface area contributed by atoms with Crippen LogP contribution in [0.2, 0.25) is 0 Å². The summed E-state index contributed by atoms with van der Waals surface area (Å²) >= 11 is 0. The van der Waals surface area contributed by atoms with Crippen molar-refractivity contribution in [2.75, 3.05) is 26.3 Å². The molecule has 1 amide bonds. The summed E-state index contributed by atoms with van der Waals surface area (Å²) in [7, 11) is 0. The van der Waals surface area contributed by atoms with Gasteiger partial charge in [0.15, 0.2) is 0 Å². The van der Waals surface area contributed by atoms with E-state index in [0.29, 0.717) is 13.1 Å². The molecule has 184 valence electrons. The number of benzene rings is 1. The fraction of sp³-hybridized carbons (Fsp3) is 0.429. The number of rotatable bonds is 4. The number of aromatic amines is 1. The Morgan fingerprint density at radius 2 is 1.97 bits per heavy atom. The first-order chi connectivity index (χ1) is 16.8. The quantitative estimate of drug-likeness (QED) is 0.521. The number of carbonyl (C=O) groups excluding carboxylic acids is 1. The SMILES string of the molecule is Cc1cc(-c2ccnc3[nH]c(C4=CCN(C(=O)OC(C)(C)C)C4)cc23)ccc1OC1CCOCC1. The third-order valence-electron chi connectivity index (χ3n) is 6.40. The van der Waals surface area contributed by atoms with Crippen molar-refractivity contribution in [2.24, 2.45) is 0 Å². The van der Waals surface area contributed by atoms with Gasteiger partial charge in [0.1, 0.15) is 23.1 Å². The molecule has 7 heteroatoms. The predicted molar refractivity (Wildman–Crippen MR) is 137 cm³/mol. The Morgan fingerprint density at radius 3 is 2.71 bits per heavy atom. The summed E-state index contributed by atoms with van der Waals surface area (Å²) < 4.78 is 17.2. The van der Waals surface area contributed by atoms with Gasteiger partial charge in [-0.2, -0.15) is 0 Å². The average Bonchev–Trinajstić information content (AvgIpc) is 3.47. The number of hydrogen-bond donors (Lipinski definition) is 1. The second-order valence-electron chi connectivity index (χ2n) is 10.3. The first kappa shape index (κ1) is 23.4. The number of amides is 1. The van der Waals surface area contributed by atoms with Crippen molar-refractivity contribution in [1.82, 2.24) is 14.9 Å². The van der Waals surface area contributed by atoms with Gasteiger partial charge in [0.2, 0.25) is 0 Å². The molecule has 0 radical (unpaired) electrons. The van der Waals surface area contributed by atoms with Crippen LogP contribution in [0.15, 0.2) is 42.6 Å². The topological polar surface area (TPSA) is 76.7 Å². The van der Waals surface area contributed by atoms with Crippen LogP contribution in [-0.2, 0) is 9.47 Å². The van der Waals surface area contributed by atoms with E-state index in [1.54, 1.807) is 4.90 Å². The van der Waals surface area contributed by atoms with Crippen LogP contribution >= 0.6 is 0 Å². The van der Waals surface area contributed by atoms with Crippen LogP contribution in [0.1, 0.15) is 44.9 Å². The van der Waals surface area contributed by atoms with Gasteiger partial charge in [0.05, 0.1) is 19.8 Å². The zero-order valence-corrected chi connectivity index (χ0v) is 20.9. The van der Waals surface area contributed by atoms with Crippen LogP contribution in [-0.4, -0.2) is 59.0 Å². The molecule has 2 aliphatic rings. The van der Waals surface area contributed by atoms with Crippen LogP contribution in [0.25, 0.3) is 27.7 Å². The number of nitrogens with one attached hydrogen (secondary N) is 1. The smallest absolute Gasteiger partial charge is 0.410 e. The van der Waals surface area contributed by atoms with E-state index in [-0.39, 0.29) is 12.2 Å². The van der Waals surface area contributed by atoms with Gasteiger partial charge >= 0.3 is 6.09 Å². The normalized spacial score (nSPS) is 17.0. The largest absolute Gasteiger partial charge is 0.490 e. The van der Waals surface area contributed by atoms with Gasteiger partial charge in [-0.15, -0.1) is 0 Å². The monoisotopic (exact) mass is 475 g/mol. The molecule has 35 heavy (non-hydrogen) atoms. The predicted octanol–water partition coefficient (Wildman–Crippen LogP) is 5.73. The van der Waals surface area contributed by atoms with Crippen molar-refractivity contribution in [2.45, 2.75) is 52.2 Å². The molecular weight excluding hydrogens is 442 g/mol. The highest BCUT2D eigenvalue weighted by Crippen LogP contribution is 2.34. The minimum atomic E-state index is -0.511. The second kappa shape index (κ2) is 9.38. The molecular formula is C28H33N3O4. The first-order valence-electron chi connectivity index (χ1n) is 12.3. The Bertz CT molecular complexity index is 1260. The summed E-state index contributed by atoms with van der Waals surface area (Å²) in [5.74, 6) is 0.930. The minimum Gasteiger partial charge on any atom is -0.490 e. The third kappa shape index (κ3) is 5.20. The number of pyridine rings is 1. The molecule has 0 saturated carbocycles. The summed E-state index contributed by atoms with van der Waals surface area (Å²) in [4.78, 5) is 22.2. The van der Waals surface area contributed by atoms with Crippen molar-refractivity contribution >= 4 is 22.7 Å². The van der Waals surface area contributed by atoms with Gasteiger partial charge in [-0.25, -0.2) is 9.78 Å². The van der Waals surface area contributed by atoms with Crippen molar-refractivity contribution < 1.29 is 19.0 Å². The van der Waals surface area contributed by atoms with Gasteiger partial charge in [-0.1, -0.05) is 12.1 Å². The number of aryl methyl sites for hydroxylation is 1. The highest BCUT2D eigenvalue weighted by molar-refractivity contribution is 5.96. The van der Waals surface area contributed by atoms with E-state index in [1.807, 2.05) is 33.0 Å². The average molecular weight is 476 g/mol.